The van der Waals surface area contributed by atoms with Gasteiger partial charge < -0.3 is 9.80 Å². The minimum absolute atomic E-state index is 0.149. The SMILES string of the molecule is CCC(C)CCN1CCC2(CC1)CCN(C(=O)C(C)C)CC2. The highest BCUT2D eigenvalue weighted by Gasteiger charge is 2.38. The fraction of sp³-hybridized carbons (Fsp3) is 0.947. The van der Waals surface area contributed by atoms with E-state index in [1.807, 2.05) is 13.8 Å². The number of likely N-dealkylation sites (tertiary alicyclic amines) is 2. The Morgan fingerprint density at radius 1 is 1.00 bits per heavy atom. The predicted octanol–water partition coefficient (Wildman–Crippen LogP) is 3.78. The molecule has 2 saturated heterocycles. The van der Waals surface area contributed by atoms with Gasteiger partial charge in [-0.15, -0.1) is 0 Å². The zero-order valence-electron chi connectivity index (χ0n) is 15.2. The second-order valence-electron chi connectivity index (χ2n) is 8.12. The smallest absolute Gasteiger partial charge is 0.225 e. The molecule has 2 heterocycles. The third kappa shape index (κ3) is 4.47. The Balaban J connectivity index is 1.74. The highest BCUT2D eigenvalue weighted by molar-refractivity contribution is 5.78. The van der Waals surface area contributed by atoms with Gasteiger partial charge in [0.2, 0.25) is 5.91 Å². The van der Waals surface area contributed by atoms with Gasteiger partial charge >= 0.3 is 0 Å². The van der Waals surface area contributed by atoms with Gasteiger partial charge in [0.05, 0.1) is 0 Å². The van der Waals surface area contributed by atoms with Crippen molar-refractivity contribution in [3.8, 4) is 0 Å². The van der Waals surface area contributed by atoms with Crippen LogP contribution in [0.3, 0.4) is 0 Å². The average Bonchev–Trinajstić information content (AvgIpc) is 2.54. The van der Waals surface area contributed by atoms with Crippen molar-refractivity contribution in [2.75, 3.05) is 32.7 Å². The summed E-state index contributed by atoms with van der Waals surface area (Å²) in [6, 6.07) is 0. The topological polar surface area (TPSA) is 23.6 Å². The molecule has 2 aliphatic heterocycles. The molecule has 22 heavy (non-hydrogen) atoms. The Hall–Kier alpha value is -0.570. The molecular formula is C19H36N2O. The monoisotopic (exact) mass is 308 g/mol. The zero-order valence-corrected chi connectivity index (χ0v) is 15.2. The summed E-state index contributed by atoms with van der Waals surface area (Å²) < 4.78 is 0. The van der Waals surface area contributed by atoms with Crippen molar-refractivity contribution in [1.82, 2.24) is 9.80 Å². The highest BCUT2D eigenvalue weighted by atomic mass is 16.2. The second-order valence-corrected chi connectivity index (χ2v) is 8.12. The number of hydrogen-bond acceptors (Lipinski definition) is 2. The third-order valence-corrected chi connectivity index (χ3v) is 6.18. The van der Waals surface area contributed by atoms with Gasteiger partial charge in [-0.1, -0.05) is 34.1 Å². The van der Waals surface area contributed by atoms with Gasteiger partial charge in [0.15, 0.2) is 0 Å². The Labute approximate surface area is 137 Å². The number of rotatable bonds is 5. The minimum atomic E-state index is 0.149. The largest absolute Gasteiger partial charge is 0.342 e. The van der Waals surface area contributed by atoms with Crippen LogP contribution in [0, 0.1) is 17.3 Å². The molecule has 0 aromatic rings. The lowest BCUT2D eigenvalue weighted by Crippen LogP contribution is -2.49. The average molecular weight is 309 g/mol. The van der Waals surface area contributed by atoms with Crippen LogP contribution >= 0.6 is 0 Å². The molecule has 128 valence electrons. The van der Waals surface area contributed by atoms with Crippen LogP contribution in [0.5, 0.6) is 0 Å². The molecule has 0 aliphatic carbocycles. The van der Waals surface area contributed by atoms with Crippen molar-refractivity contribution in [2.45, 2.75) is 66.2 Å². The van der Waals surface area contributed by atoms with Crippen molar-refractivity contribution in [3.05, 3.63) is 0 Å². The Kier molecular flexibility index (Phi) is 6.31. The van der Waals surface area contributed by atoms with Crippen LogP contribution in [0.1, 0.15) is 66.2 Å². The fourth-order valence-electron chi connectivity index (χ4n) is 3.92. The summed E-state index contributed by atoms with van der Waals surface area (Å²) in [7, 11) is 0. The van der Waals surface area contributed by atoms with E-state index >= 15 is 0 Å². The molecular weight excluding hydrogens is 272 g/mol. The van der Waals surface area contributed by atoms with E-state index in [0.717, 1.165) is 19.0 Å². The third-order valence-electron chi connectivity index (χ3n) is 6.18. The van der Waals surface area contributed by atoms with Crippen LogP contribution in [-0.2, 0) is 4.79 Å². The van der Waals surface area contributed by atoms with E-state index in [9.17, 15) is 4.79 Å². The number of carbonyl (C=O) groups excluding carboxylic acids is 1. The van der Waals surface area contributed by atoms with Crippen LogP contribution in [0.2, 0.25) is 0 Å². The van der Waals surface area contributed by atoms with E-state index in [0.29, 0.717) is 11.3 Å². The molecule has 0 bridgehead atoms. The van der Waals surface area contributed by atoms with Crippen molar-refractivity contribution < 1.29 is 4.79 Å². The van der Waals surface area contributed by atoms with Gasteiger partial charge in [0.25, 0.3) is 0 Å². The van der Waals surface area contributed by atoms with Gasteiger partial charge in [-0.2, -0.15) is 0 Å². The number of piperidine rings is 2. The van der Waals surface area contributed by atoms with Crippen molar-refractivity contribution in [2.24, 2.45) is 17.3 Å². The Morgan fingerprint density at radius 2 is 1.55 bits per heavy atom. The molecule has 0 aromatic carbocycles. The summed E-state index contributed by atoms with van der Waals surface area (Å²) in [4.78, 5) is 16.9. The molecule has 1 unspecified atom stereocenters. The van der Waals surface area contributed by atoms with Crippen LogP contribution in [0.4, 0.5) is 0 Å². The van der Waals surface area contributed by atoms with Gasteiger partial charge in [-0.05, 0) is 63.1 Å². The van der Waals surface area contributed by atoms with Gasteiger partial charge in [0, 0.05) is 19.0 Å². The number of carbonyl (C=O) groups is 1. The lowest BCUT2D eigenvalue weighted by Gasteiger charge is -2.47. The van der Waals surface area contributed by atoms with Gasteiger partial charge in [-0.25, -0.2) is 0 Å². The molecule has 2 rings (SSSR count). The van der Waals surface area contributed by atoms with Crippen molar-refractivity contribution in [3.63, 3.8) is 0 Å². The first-order valence-corrected chi connectivity index (χ1v) is 9.47. The second kappa shape index (κ2) is 7.81. The summed E-state index contributed by atoms with van der Waals surface area (Å²) in [6.07, 6.45) is 7.79. The van der Waals surface area contributed by atoms with Gasteiger partial charge in [0.1, 0.15) is 0 Å². The molecule has 1 spiro atoms. The summed E-state index contributed by atoms with van der Waals surface area (Å²) in [5, 5.41) is 0. The predicted molar refractivity (Wildman–Crippen MR) is 92.8 cm³/mol. The standard InChI is InChI=1S/C19H36N2O/c1-5-17(4)6-11-20-12-7-19(8-13-20)9-14-21(15-10-19)18(22)16(2)3/h16-17H,5-15H2,1-4H3. The molecule has 0 saturated carbocycles. The van der Waals surface area contributed by atoms with E-state index in [4.69, 9.17) is 0 Å². The van der Waals surface area contributed by atoms with Crippen LogP contribution in [0.25, 0.3) is 0 Å². The van der Waals surface area contributed by atoms with Crippen LogP contribution in [0.15, 0.2) is 0 Å². The summed E-state index contributed by atoms with van der Waals surface area (Å²) in [5.74, 6) is 1.36. The molecule has 1 atom stereocenters. The lowest BCUT2D eigenvalue weighted by molar-refractivity contribution is -0.137. The molecule has 2 aliphatic rings. The normalized spacial score (nSPS) is 24.0. The maximum atomic E-state index is 12.1. The Morgan fingerprint density at radius 3 is 2.05 bits per heavy atom. The molecule has 3 heteroatoms. The summed E-state index contributed by atoms with van der Waals surface area (Å²) in [5.41, 5.74) is 0.542. The number of nitrogens with zero attached hydrogens (tertiary/aromatic N) is 2. The Bertz CT molecular complexity index is 348. The quantitative estimate of drug-likeness (QED) is 0.771. The van der Waals surface area contributed by atoms with E-state index in [2.05, 4.69) is 23.6 Å². The molecule has 0 N–H and O–H groups in total. The fourth-order valence-corrected chi connectivity index (χ4v) is 3.92. The molecule has 1 amide bonds. The van der Waals surface area contributed by atoms with E-state index in [-0.39, 0.29) is 5.92 Å². The molecule has 3 nitrogen and oxygen atoms in total. The van der Waals surface area contributed by atoms with E-state index < -0.39 is 0 Å². The number of hydrogen-bond donors (Lipinski definition) is 0. The maximum Gasteiger partial charge on any atom is 0.225 e. The molecule has 0 radical (unpaired) electrons. The zero-order chi connectivity index (χ0) is 16.2. The van der Waals surface area contributed by atoms with E-state index in [1.54, 1.807) is 0 Å². The van der Waals surface area contributed by atoms with Crippen LogP contribution in [-0.4, -0.2) is 48.4 Å². The molecule has 2 fully saturated rings. The van der Waals surface area contributed by atoms with Crippen molar-refractivity contribution in [1.29, 1.82) is 0 Å². The summed E-state index contributed by atoms with van der Waals surface area (Å²) >= 11 is 0. The number of amides is 1. The first-order valence-electron chi connectivity index (χ1n) is 9.47. The lowest BCUT2D eigenvalue weighted by atomic mass is 9.71. The van der Waals surface area contributed by atoms with Gasteiger partial charge in [-0.3, -0.25) is 4.79 Å². The van der Waals surface area contributed by atoms with Crippen molar-refractivity contribution >= 4 is 5.91 Å². The molecule has 0 aromatic heterocycles. The summed E-state index contributed by atoms with van der Waals surface area (Å²) in [6.45, 7) is 14.5. The van der Waals surface area contributed by atoms with E-state index in [1.165, 1.54) is 58.2 Å². The first-order chi connectivity index (χ1) is 10.5. The minimum Gasteiger partial charge on any atom is -0.342 e. The highest BCUT2D eigenvalue weighted by Crippen LogP contribution is 2.41. The maximum absolute atomic E-state index is 12.1. The first kappa shape index (κ1) is 17.8. The van der Waals surface area contributed by atoms with Crippen LogP contribution < -0.4 is 0 Å².